The van der Waals surface area contributed by atoms with Crippen molar-refractivity contribution in [1.82, 2.24) is 10.2 Å². The quantitative estimate of drug-likeness (QED) is 0.832. The van der Waals surface area contributed by atoms with Crippen LogP contribution >= 0.6 is 0 Å². The molecule has 1 aliphatic heterocycles. The lowest BCUT2D eigenvalue weighted by atomic mass is 9.99. The molecule has 1 fully saturated rings. The van der Waals surface area contributed by atoms with Crippen molar-refractivity contribution in [3.8, 4) is 11.5 Å². The van der Waals surface area contributed by atoms with Crippen LogP contribution in [0.5, 0.6) is 11.5 Å². The molecule has 1 aliphatic rings. The van der Waals surface area contributed by atoms with E-state index in [9.17, 15) is 9.59 Å². The van der Waals surface area contributed by atoms with E-state index in [-0.39, 0.29) is 17.5 Å². The minimum atomic E-state index is -0.273. The van der Waals surface area contributed by atoms with Crippen LogP contribution in [0.25, 0.3) is 6.08 Å². The zero-order valence-corrected chi connectivity index (χ0v) is 15.3. The van der Waals surface area contributed by atoms with Crippen LogP contribution in [0.1, 0.15) is 32.3 Å². The summed E-state index contributed by atoms with van der Waals surface area (Å²) < 4.78 is 10.5. The molecule has 6 nitrogen and oxygen atoms in total. The minimum absolute atomic E-state index is 0.156. The first kappa shape index (κ1) is 18.8. The number of nitrogens with zero attached hydrogens (tertiary/aromatic N) is 1. The summed E-state index contributed by atoms with van der Waals surface area (Å²) in [5.74, 6) is 1.38. The van der Waals surface area contributed by atoms with Gasteiger partial charge in [0, 0.05) is 20.0 Å². The second kappa shape index (κ2) is 8.55. The van der Waals surface area contributed by atoms with Gasteiger partial charge in [0.15, 0.2) is 11.5 Å². The van der Waals surface area contributed by atoms with Crippen LogP contribution in [0.4, 0.5) is 0 Å². The average Bonchev–Trinajstić information content (AvgIpc) is 2.60. The van der Waals surface area contributed by atoms with Crippen molar-refractivity contribution in [2.75, 3.05) is 27.3 Å². The standard InChI is InChI=1S/C19H26N2O4/c1-13-7-9-21(10-8-13)19(23)16(20-14(2)22)11-15-5-6-17(24-3)18(12-15)25-4/h5-6,11-13H,7-10H2,1-4H3,(H,20,22). The molecule has 1 aromatic rings. The predicted molar refractivity (Wildman–Crippen MR) is 96.3 cm³/mol. The summed E-state index contributed by atoms with van der Waals surface area (Å²) >= 11 is 0. The van der Waals surface area contributed by atoms with Crippen molar-refractivity contribution < 1.29 is 19.1 Å². The first-order valence-electron chi connectivity index (χ1n) is 8.45. The normalized spacial score (nSPS) is 15.7. The van der Waals surface area contributed by atoms with Gasteiger partial charge in [-0.15, -0.1) is 0 Å². The molecule has 0 bridgehead atoms. The fourth-order valence-electron chi connectivity index (χ4n) is 2.83. The lowest BCUT2D eigenvalue weighted by molar-refractivity contribution is -0.130. The van der Waals surface area contributed by atoms with E-state index < -0.39 is 0 Å². The highest BCUT2D eigenvalue weighted by atomic mass is 16.5. The molecule has 0 saturated carbocycles. The molecular weight excluding hydrogens is 320 g/mol. The van der Waals surface area contributed by atoms with E-state index >= 15 is 0 Å². The Morgan fingerprint density at radius 3 is 2.36 bits per heavy atom. The molecule has 1 heterocycles. The Labute approximate surface area is 148 Å². The molecule has 1 aromatic carbocycles. The summed E-state index contributed by atoms with van der Waals surface area (Å²) in [7, 11) is 3.12. The van der Waals surface area contributed by atoms with E-state index in [0.29, 0.717) is 30.5 Å². The number of likely N-dealkylation sites (tertiary alicyclic amines) is 1. The molecule has 0 aliphatic carbocycles. The molecule has 0 spiro atoms. The molecule has 6 heteroatoms. The zero-order valence-electron chi connectivity index (χ0n) is 15.3. The maximum Gasteiger partial charge on any atom is 0.270 e. The third-order valence-electron chi connectivity index (χ3n) is 4.33. The van der Waals surface area contributed by atoms with Gasteiger partial charge >= 0.3 is 0 Å². The van der Waals surface area contributed by atoms with E-state index in [0.717, 1.165) is 18.4 Å². The summed E-state index contributed by atoms with van der Waals surface area (Å²) in [6, 6.07) is 5.35. The molecule has 0 radical (unpaired) electrons. The Hall–Kier alpha value is -2.50. The van der Waals surface area contributed by atoms with Gasteiger partial charge in [0.05, 0.1) is 14.2 Å². The Balaban J connectivity index is 2.28. The number of methoxy groups -OCH3 is 2. The molecule has 1 saturated heterocycles. The number of hydrogen-bond donors (Lipinski definition) is 1. The molecule has 1 N–H and O–H groups in total. The van der Waals surface area contributed by atoms with Gasteiger partial charge in [-0.1, -0.05) is 13.0 Å². The van der Waals surface area contributed by atoms with E-state index in [1.165, 1.54) is 6.92 Å². The number of nitrogens with one attached hydrogen (secondary N) is 1. The highest BCUT2D eigenvalue weighted by Gasteiger charge is 2.23. The van der Waals surface area contributed by atoms with Crippen molar-refractivity contribution in [2.45, 2.75) is 26.7 Å². The van der Waals surface area contributed by atoms with Crippen molar-refractivity contribution in [3.63, 3.8) is 0 Å². The van der Waals surface area contributed by atoms with E-state index in [1.54, 1.807) is 37.3 Å². The second-order valence-electron chi connectivity index (χ2n) is 6.33. The maximum absolute atomic E-state index is 12.8. The van der Waals surface area contributed by atoms with Crippen LogP contribution in [-0.4, -0.2) is 44.0 Å². The molecule has 2 rings (SSSR count). The van der Waals surface area contributed by atoms with Crippen molar-refractivity contribution >= 4 is 17.9 Å². The first-order chi connectivity index (χ1) is 11.9. The summed E-state index contributed by atoms with van der Waals surface area (Å²) in [5.41, 5.74) is 1.02. The van der Waals surface area contributed by atoms with Crippen LogP contribution in [0.2, 0.25) is 0 Å². The Kier molecular flexibility index (Phi) is 6.44. The average molecular weight is 346 g/mol. The predicted octanol–water partition coefficient (Wildman–Crippen LogP) is 2.44. The van der Waals surface area contributed by atoms with Crippen molar-refractivity contribution in [3.05, 3.63) is 29.5 Å². The smallest absolute Gasteiger partial charge is 0.270 e. The van der Waals surface area contributed by atoms with Gasteiger partial charge in [-0.2, -0.15) is 0 Å². The van der Waals surface area contributed by atoms with Gasteiger partial charge < -0.3 is 19.7 Å². The molecular formula is C19H26N2O4. The number of carbonyl (C=O) groups is 2. The number of ether oxygens (including phenoxy) is 2. The topological polar surface area (TPSA) is 67.9 Å². The van der Waals surface area contributed by atoms with Gasteiger partial charge in [0.25, 0.3) is 5.91 Å². The van der Waals surface area contributed by atoms with E-state index in [1.807, 2.05) is 6.07 Å². The van der Waals surface area contributed by atoms with Crippen LogP contribution < -0.4 is 14.8 Å². The van der Waals surface area contributed by atoms with Gasteiger partial charge in [-0.05, 0) is 42.5 Å². The summed E-state index contributed by atoms with van der Waals surface area (Å²) in [6.07, 6.45) is 3.63. The van der Waals surface area contributed by atoms with Crippen LogP contribution in [-0.2, 0) is 9.59 Å². The molecule has 136 valence electrons. The number of piperidine rings is 1. The molecule has 0 aromatic heterocycles. The van der Waals surface area contributed by atoms with Crippen LogP contribution in [0.15, 0.2) is 23.9 Å². The first-order valence-corrected chi connectivity index (χ1v) is 8.45. The van der Waals surface area contributed by atoms with Crippen LogP contribution in [0, 0.1) is 5.92 Å². The monoisotopic (exact) mass is 346 g/mol. The Morgan fingerprint density at radius 1 is 1.16 bits per heavy atom. The Morgan fingerprint density at radius 2 is 1.80 bits per heavy atom. The molecule has 0 unspecified atom stereocenters. The lowest BCUT2D eigenvalue weighted by Gasteiger charge is -2.31. The van der Waals surface area contributed by atoms with Gasteiger partial charge in [-0.25, -0.2) is 0 Å². The van der Waals surface area contributed by atoms with Gasteiger partial charge in [0.1, 0.15) is 5.70 Å². The fourth-order valence-corrected chi connectivity index (χ4v) is 2.83. The number of hydrogen-bond acceptors (Lipinski definition) is 4. The molecule has 2 amide bonds. The third kappa shape index (κ3) is 4.98. The van der Waals surface area contributed by atoms with Gasteiger partial charge in [-0.3, -0.25) is 9.59 Å². The number of benzene rings is 1. The van der Waals surface area contributed by atoms with Gasteiger partial charge in [0.2, 0.25) is 5.91 Å². The summed E-state index contributed by atoms with van der Waals surface area (Å²) in [6.45, 7) is 5.01. The highest BCUT2D eigenvalue weighted by molar-refractivity contribution is 6.01. The largest absolute Gasteiger partial charge is 0.493 e. The number of rotatable bonds is 5. The summed E-state index contributed by atoms with van der Waals surface area (Å²) in [4.78, 5) is 26.1. The summed E-state index contributed by atoms with van der Waals surface area (Å²) in [5, 5.41) is 2.66. The zero-order chi connectivity index (χ0) is 18.4. The SMILES string of the molecule is COc1ccc(C=C(NC(C)=O)C(=O)N2CCC(C)CC2)cc1OC. The minimum Gasteiger partial charge on any atom is -0.493 e. The van der Waals surface area contributed by atoms with Crippen molar-refractivity contribution in [2.24, 2.45) is 5.92 Å². The maximum atomic E-state index is 12.8. The number of amides is 2. The van der Waals surface area contributed by atoms with Crippen molar-refractivity contribution in [1.29, 1.82) is 0 Å². The van der Waals surface area contributed by atoms with E-state index in [2.05, 4.69) is 12.2 Å². The molecule has 25 heavy (non-hydrogen) atoms. The third-order valence-corrected chi connectivity index (χ3v) is 4.33. The second-order valence-corrected chi connectivity index (χ2v) is 6.33. The number of carbonyl (C=O) groups excluding carboxylic acids is 2. The highest BCUT2D eigenvalue weighted by Crippen LogP contribution is 2.28. The van der Waals surface area contributed by atoms with Crippen LogP contribution in [0.3, 0.4) is 0 Å². The Bertz CT molecular complexity index is 661. The molecule has 0 atom stereocenters. The van der Waals surface area contributed by atoms with E-state index in [4.69, 9.17) is 9.47 Å². The fraction of sp³-hybridized carbons (Fsp3) is 0.474. The lowest BCUT2D eigenvalue weighted by Crippen LogP contribution is -2.42.